The van der Waals surface area contributed by atoms with Crippen molar-refractivity contribution in [3.63, 3.8) is 0 Å². The molecule has 0 atom stereocenters. The summed E-state index contributed by atoms with van der Waals surface area (Å²) in [5.41, 5.74) is 1.11. The van der Waals surface area contributed by atoms with Crippen LogP contribution in [0.5, 0.6) is 0 Å². The van der Waals surface area contributed by atoms with Crippen LogP contribution in [0.4, 0.5) is 0 Å². The third-order valence-corrected chi connectivity index (χ3v) is 4.81. The van der Waals surface area contributed by atoms with Gasteiger partial charge in [0.15, 0.2) is 0 Å². The second-order valence-corrected chi connectivity index (χ2v) is 6.35. The lowest BCUT2D eigenvalue weighted by Crippen LogP contribution is -2.39. The molecule has 0 N–H and O–H groups in total. The van der Waals surface area contributed by atoms with E-state index in [2.05, 4.69) is 15.2 Å². The summed E-state index contributed by atoms with van der Waals surface area (Å²) in [6.45, 7) is 1.40. The molecular weight excluding hydrogens is 326 g/mol. The molecule has 2 aromatic heterocycles. The van der Waals surface area contributed by atoms with Gasteiger partial charge in [0.05, 0.1) is 10.5 Å². The van der Waals surface area contributed by atoms with Crippen LogP contribution in [0.1, 0.15) is 29.4 Å². The van der Waals surface area contributed by atoms with E-state index >= 15 is 0 Å². The number of piperidine rings is 1. The molecule has 7 heteroatoms. The summed E-state index contributed by atoms with van der Waals surface area (Å²) >= 11 is 6.19. The van der Waals surface area contributed by atoms with Crippen LogP contribution < -0.4 is 0 Å². The largest absolute Gasteiger partial charge is 0.337 e. The Morgan fingerprint density at radius 3 is 2.58 bits per heavy atom. The van der Waals surface area contributed by atoms with Gasteiger partial charge in [-0.15, -0.1) is 10.2 Å². The minimum absolute atomic E-state index is 0.0426. The minimum Gasteiger partial charge on any atom is -0.337 e. The Kier molecular flexibility index (Phi) is 3.90. The number of carbonyl (C=O) groups is 1. The van der Waals surface area contributed by atoms with Gasteiger partial charge in [0.2, 0.25) is 0 Å². The number of rotatable bonds is 2. The van der Waals surface area contributed by atoms with E-state index in [0.29, 0.717) is 35.4 Å². The van der Waals surface area contributed by atoms with Crippen LogP contribution in [0, 0.1) is 0 Å². The predicted molar refractivity (Wildman–Crippen MR) is 90.9 cm³/mol. The zero-order chi connectivity index (χ0) is 16.5. The Morgan fingerprint density at radius 2 is 1.83 bits per heavy atom. The molecule has 4 rings (SSSR count). The fraction of sp³-hybridized carbons (Fsp3) is 0.294. The lowest BCUT2D eigenvalue weighted by molar-refractivity contribution is 0.0689. The first-order valence-electron chi connectivity index (χ1n) is 7.91. The maximum atomic E-state index is 12.7. The molecule has 122 valence electrons. The third kappa shape index (κ3) is 2.73. The molecule has 0 aliphatic carbocycles. The van der Waals surface area contributed by atoms with E-state index < -0.39 is 0 Å². The van der Waals surface area contributed by atoms with Crippen molar-refractivity contribution in [2.75, 3.05) is 13.1 Å². The van der Waals surface area contributed by atoms with Crippen LogP contribution in [0.3, 0.4) is 0 Å². The molecule has 1 fully saturated rings. The molecule has 1 aliphatic heterocycles. The molecule has 1 saturated heterocycles. The highest BCUT2D eigenvalue weighted by Gasteiger charge is 2.25. The number of halogens is 1. The smallest absolute Gasteiger partial charge is 0.272 e. The van der Waals surface area contributed by atoms with Crippen molar-refractivity contribution in [3.05, 3.63) is 53.7 Å². The summed E-state index contributed by atoms with van der Waals surface area (Å²) in [6.07, 6.45) is 5.24. The van der Waals surface area contributed by atoms with Gasteiger partial charge in [-0.3, -0.25) is 4.79 Å². The van der Waals surface area contributed by atoms with Gasteiger partial charge in [-0.1, -0.05) is 29.8 Å². The number of pyridine rings is 1. The first kappa shape index (κ1) is 15.1. The number of hydrogen-bond acceptors (Lipinski definition) is 4. The first-order chi connectivity index (χ1) is 11.7. The minimum atomic E-state index is -0.0426. The summed E-state index contributed by atoms with van der Waals surface area (Å²) in [5.74, 6) is -0.0426. The molecule has 24 heavy (non-hydrogen) atoms. The number of nitrogens with zero attached hydrogens (tertiary/aromatic N) is 5. The number of aromatic nitrogens is 4. The average molecular weight is 342 g/mol. The van der Waals surface area contributed by atoms with Gasteiger partial charge in [0.25, 0.3) is 5.91 Å². The molecule has 3 heterocycles. The SMILES string of the molecule is O=C(c1ccc2cccc(Cl)c2n1)N1CCC(n2cnnc2)CC1. The molecule has 1 amide bonds. The maximum Gasteiger partial charge on any atom is 0.272 e. The number of fused-ring (bicyclic) bond motifs is 1. The van der Waals surface area contributed by atoms with E-state index in [9.17, 15) is 4.79 Å². The summed E-state index contributed by atoms with van der Waals surface area (Å²) in [6, 6.07) is 9.62. The molecule has 1 aliphatic rings. The van der Waals surface area contributed by atoms with Crippen LogP contribution in [0.2, 0.25) is 5.02 Å². The molecule has 1 aromatic carbocycles. The highest BCUT2D eigenvalue weighted by molar-refractivity contribution is 6.35. The number of para-hydroxylation sites is 1. The van der Waals surface area contributed by atoms with Gasteiger partial charge >= 0.3 is 0 Å². The Morgan fingerprint density at radius 1 is 1.08 bits per heavy atom. The lowest BCUT2D eigenvalue weighted by atomic mass is 10.0. The molecular formula is C17H16ClN5O. The van der Waals surface area contributed by atoms with Gasteiger partial charge in [0.1, 0.15) is 18.3 Å². The fourth-order valence-corrected chi connectivity index (χ4v) is 3.38. The molecule has 3 aromatic rings. The van der Waals surface area contributed by atoms with Crippen LogP contribution in [0.25, 0.3) is 10.9 Å². The van der Waals surface area contributed by atoms with Crippen molar-refractivity contribution in [3.8, 4) is 0 Å². The molecule has 0 saturated carbocycles. The number of benzene rings is 1. The van der Waals surface area contributed by atoms with Crippen molar-refractivity contribution >= 4 is 28.4 Å². The Balaban J connectivity index is 1.51. The van der Waals surface area contributed by atoms with Crippen molar-refractivity contribution < 1.29 is 4.79 Å². The summed E-state index contributed by atoms with van der Waals surface area (Å²) in [5, 5.41) is 9.19. The van der Waals surface area contributed by atoms with Crippen molar-refractivity contribution in [2.24, 2.45) is 0 Å². The molecule has 0 unspecified atom stereocenters. The van der Waals surface area contributed by atoms with Crippen molar-refractivity contribution in [1.29, 1.82) is 0 Å². The highest BCUT2D eigenvalue weighted by atomic mass is 35.5. The topological polar surface area (TPSA) is 63.9 Å². The van der Waals surface area contributed by atoms with Gasteiger partial charge in [-0.05, 0) is 25.0 Å². The molecule has 0 bridgehead atoms. The normalized spacial score (nSPS) is 15.8. The van der Waals surface area contributed by atoms with Crippen LogP contribution in [-0.4, -0.2) is 43.6 Å². The number of likely N-dealkylation sites (tertiary alicyclic amines) is 1. The maximum absolute atomic E-state index is 12.7. The van der Waals surface area contributed by atoms with Crippen molar-refractivity contribution in [2.45, 2.75) is 18.9 Å². The quantitative estimate of drug-likeness (QED) is 0.719. The Hall–Kier alpha value is -2.47. The van der Waals surface area contributed by atoms with Crippen LogP contribution in [-0.2, 0) is 0 Å². The van der Waals surface area contributed by atoms with E-state index in [0.717, 1.165) is 18.2 Å². The van der Waals surface area contributed by atoms with E-state index in [1.54, 1.807) is 24.8 Å². The van der Waals surface area contributed by atoms with Gasteiger partial charge < -0.3 is 9.47 Å². The molecule has 0 radical (unpaired) electrons. The van der Waals surface area contributed by atoms with E-state index in [4.69, 9.17) is 11.6 Å². The number of carbonyl (C=O) groups excluding carboxylic acids is 1. The molecule has 0 spiro atoms. The predicted octanol–water partition coefficient (Wildman–Crippen LogP) is 2.96. The second-order valence-electron chi connectivity index (χ2n) is 5.94. The zero-order valence-electron chi connectivity index (χ0n) is 13.0. The first-order valence-corrected chi connectivity index (χ1v) is 8.29. The van der Waals surface area contributed by atoms with E-state index in [1.165, 1.54) is 0 Å². The highest BCUT2D eigenvalue weighted by Crippen LogP contribution is 2.25. The standard InChI is InChI=1S/C17H16ClN5O/c18-14-3-1-2-12-4-5-15(21-16(12)14)17(24)22-8-6-13(7-9-22)23-10-19-20-11-23/h1-5,10-11,13H,6-9H2. The average Bonchev–Trinajstić information content (AvgIpc) is 3.16. The van der Waals surface area contributed by atoms with E-state index in [-0.39, 0.29) is 5.91 Å². The van der Waals surface area contributed by atoms with Gasteiger partial charge in [0, 0.05) is 24.5 Å². The number of hydrogen-bond donors (Lipinski definition) is 0. The Bertz CT molecular complexity index is 872. The molecule has 6 nitrogen and oxygen atoms in total. The zero-order valence-corrected chi connectivity index (χ0v) is 13.7. The van der Waals surface area contributed by atoms with Gasteiger partial charge in [-0.25, -0.2) is 4.98 Å². The third-order valence-electron chi connectivity index (χ3n) is 4.50. The van der Waals surface area contributed by atoms with Crippen LogP contribution >= 0.6 is 11.6 Å². The summed E-state index contributed by atoms with van der Waals surface area (Å²) in [7, 11) is 0. The summed E-state index contributed by atoms with van der Waals surface area (Å²) in [4.78, 5) is 19.1. The lowest BCUT2D eigenvalue weighted by Gasteiger charge is -2.32. The van der Waals surface area contributed by atoms with Gasteiger partial charge in [-0.2, -0.15) is 0 Å². The fourth-order valence-electron chi connectivity index (χ4n) is 3.16. The Labute approximate surface area is 144 Å². The number of amides is 1. The van der Waals surface area contributed by atoms with Crippen molar-refractivity contribution in [1.82, 2.24) is 24.6 Å². The summed E-state index contributed by atoms with van der Waals surface area (Å²) < 4.78 is 2.01. The van der Waals surface area contributed by atoms with E-state index in [1.807, 2.05) is 27.7 Å². The second kappa shape index (κ2) is 6.20. The monoisotopic (exact) mass is 341 g/mol. The van der Waals surface area contributed by atoms with Crippen LogP contribution in [0.15, 0.2) is 43.0 Å².